The molecule has 2 aliphatic rings. The van der Waals surface area contributed by atoms with Gasteiger partial charge in [0.15, 0.2) is 0 Å². The normalized spacial score (nSPS) is 19.4. The Kier molecular flexibility index (Phi) is 10.1. The number of aromatic hydroxyl groups is 1. The molecule has 2 atom stereocenters. The Balaban J connectivity index is 1.58. The van der Waals surface area contributed by atoms with E-state index < -0.39 is 0 Å². The molecule has 0 radical (unpaired) electrons. The van der Waals surface area contributed by atoms with E-state index in [0.29, 0.717) is 48.6 Å². The van der Waals surface area contributed by atoms with Crippen molar-refractivity contribution >= 4 is 53.0 Å². The van der Waals surface area contributed by atoms with Crippen LogP contribution in [0.5, 0.6) is 11.5 Å². The van der Waals surface area contributed by atoms with Crippen LogP contribution in [0.3, 0.4) is 0 Å². The van der Waals surface area contributed by atoms with Gasteiger partial charge >= 0.3 is 0 Å². The molecular weight excluding hydrogens is 571 g/mol. The highest BCUT2D eigenvalue weighted by molar-refractivity contribution is 6.41. The summed E-state index contributed by atoms with van der Waals surface area (Å²) in [5.74, 6) is 0.554. The average molecular weight is 608 g/mol. The number of amides is 2. The maximum Gasteiger partial charge on any atom is 0.243 e. The highest BCUT2D eigenvalue weighted by Gasteiger charge is 2.37. The quantitative estimate of drug-likeness (QED) is 0.223. The fraction of sp³-hybridized carbons (Fsp3) is 0.481. The average Bonchev–Trinajstić information content (AvgIpc) is 3.37. The van der Waals surface area contributed by atoms with Gasteiger partial charge in [0.25, 0.3) is 0 Å². The first kappa shape index (κ1) is 30.6. The Labute approximate surface area is 249 Å². The highest BCUT2D eigenvalue weighted by Crippen LogP contribution is 2.45. The van der Waals surface area contributed by atoms with Gasteiger partial charge in [-0.3, -0.25) is 14.5 Å². The zero-order valence-electron chi connectivity index (χ0n) is 23.4. The minimum Gasteiger partial charge on any atom is -0.506 e. The van der Waals surface area contributed by atoms with E-state index in [-0.39, 0.29) is 46.1 Å². The van der Waals surface area contributed by atoms with Crippen molar-refractivity contribution in [2.45, 2.75) is 37.5 Å². The van der Waals surface area contributed by atoms with Crippen molar-refractivity contribution in [2.75, 3.05) is 62.5 Å². The van der Waals surface area contributed by atoms with Crippen LogP contribution in [0.1, 0.15) is 18.4 Å². The molecule has 41 heavy (non-hydrogen) atoms. The van der Waals surface area contributed by atoms with E-state index in [4.69, 9.17) is 27.9 Å². The number of aromatic nitrogens is 2. The fourth-order valence-corrected chi connectivity index (χ4v) is 6.05. The molecule has 3 heterocycles. The number of hydrogen-bond donors (Lipinski definition) is 4. The molecule has 2 fully saturated rings. The molecule has 2 unspecified atom stereocenters. The van der Waals surface area contributed by atoms with Crippen LogP contribution in [0, 0.1) is 0 Å². The summed E-state index contributed by atoms with van der Waals surface area (Å²) in [4.78, 5) is 38.7. The summed E-state index contributed by atoms with van der Waals surface area (Å²) in [5, 5.41) is 20.4. The molecule has 1 aromatic heterocycles. The predicted octanol–water partition coefficient (Wildman–Crippen LogP) is 2.25. The van der Waals surface area contributed by atoms with Gasteiger partial charge in [-0.25, -0.2) is 4.98 Å². The number of rotatable bonds is 11. The van der Waals surface area contributed by atoms with Crippen molar-refractivity contribution in [2.24, 2.45) is 0 Å². The number of carbonyl (C=O) groups is 2. The third-order valence-corrected chi connectivity index (χ3v) is 8.21. The van der Waals surface area contributed by atoms with Gasteiger partial charge in [-0.2, -0.15) is 4.98 Å². The molecule has 0 saturated carbocycles. The van der Waals surface area contributed by atoms with Gasteiger partial charge in [-0.15, -0.1) is 0 Å². The van der Waals surface area contributed by atoms with E-state index >= 15 is 0 Å². The summed E-state index contributed by atoms with van der Waals surface area (Å²) in [6.07, 6.45) is 5.64. The summed E-state index contributed by atoms with van der Waals surface area (Å²) in [7, 11) is 4.78. The molecule has 2 amide bonds. The molecule has 0 bridgehead atoms. The van der Waals surface area contributed by atoms with Crippen molar-refractivity contribution in [3.8, 4) is 11.5 Å². The second-order valence-electron chi connectivity index (χ2n) is 10.2. The lowest BCUT2D eigenvalue weighted by Gasteiger charge is -2.31. The number of piperidine rings is 1. The van der Waals surface area contributed by atoms with Crippen LogP contribution in [0.4, 0.5) is 17.5 Å². The van der Waals surface area contributed by atoms with E-state index in [1.165, 1.54) is 24.2 Å². The minimum atomic E-state index is -0.240. The molecule has 12 nitrogen and oxygen atoms in total. The van der Waals surface area contributed by atoms with E-state index in [9.17, 15) is 14.7 Å². The largest absolute Gasteiger partial charge is 0.506 e. The number of halogens is 2. The number of anilines is 3. The van der Waals surface area contributed by atoms with Crippen molar-refractivity contribution in [3.63, 3.8) is 0 Å². The third kappa shape index (κ3) is 6.95. The van der Waals surface area contributed by atoms with E-state index in [0.717, 1.165) is 25.9 Å². The van der Waals surface area contributed by atoms with Crippen LogP contribution >= 0.6 is 23.2 Å². The van der Waals surface area contributed by atoms with Gasteiger partial charge in [-0.1, -0.05) is 29.8 Å². The standard InChI is InChI=1S/C27H36Cl2N8O4/c1-5-22(40)32-18-13-37(17-6-8-30-9-7-17)14-19(18)33-27-31-11-16(26(34-27)36(3)15-38)12-35(2)25-23(28)20(39)10-21(41-4)24(25)29/h5,10-11,15,17-19,30,39H,1,6-9,12-14H2,2-4H3,(H,32,40)(H,31,33,34). The number of carbonyl (C=O) groups excluding carboxylic acids is 2. The SMILES string of the molecule is C=CC(=O)NC1CN(C2CCNCC2)CC1Nc1ncc(CN(C)c2c(Cl)c(O)cc(OC)c2Cl)c(N(C)C=O)n1. The van der Waals surface area contributed by atoms with Gasteiger partial charge < -0.3 is 35.6 Å². The summed E-state index contributed by atoms with van der Waals surface area (Å²) in [6, 6.07) is 1.43. The van der Waals surface area contributed by atoms with Crippen LogP contribution in [0.15, 0.2) is 24.9 Å². The minimum absolute atomic E-state index is 0.0648. The summed E-state index contributed by atoms with van der Waals surface area (Å²) < 4.78 is 5.26. The lowest BCUT2D eigenvalue weighted by Crippen LogP contribution is -2.46. The molecule has 14 heteroatoms. The number of nitrogens with zero attached hydrogens (tertiary/aromatic N) is 5. The lowest BCUT2D eigenvalue weighted by molar-refractivity contribution is -0.117. The molecular formula is C27H36Cl2N8O4. The summed E-state index contributed by atoms with van der Waals surface area (Å²) in [5.41, 5.74) is 0.971. The van der Waals surface area contributed by atoms with E-state index in [1.807, 2.05) is 0 Å². The van der Waals surface area contributed by atoms with E-state index in [1.54, 1.807) is 25.2 Å². The van der Waals surface area contributed by atoms with Crippen molar-refractivity contribution < 1.29 is 19.4 Å². The van der Waals surface area contributed by atoms with Crippen LogP contribution < -0.4 is 30.5 Å². The molecule has 2 aliphatic heterocycles. The zero-order valence-corrected chi connectivity index (χ0v) is 24.9. The number of phenols is 1. The summed E-state index contributed by atoms with van der Waals surface area (Å²) >= 11 is 12.9. The van der Waals surface area contributed by atoms with Crippen molar-refractivity contribution in [1.82, 2.24) is 25.5 Å². The Morgan fingerprint density at radius 3 is 2.63 bits per heavy atom. The van der Waals surface area contributed by atoms with Crippen molar-refractivity contribution in [1.29, 1.82) is 0 Å². The van der Waals surface area contributed by atoms with Crippen molar-refractivity contribution in [3.05, 3.63) is 40.5 Å². The molecule has 1 aromatic carbocycles. The Hall–Kier alpha value is -3.32. The number of nitrogens with one attached hydrogen (secondary N) is 3. The monoisotopic (exact) mass is 606 g/mol. The Morgan fingerprint density at radius 2 is 1.98 bits per heavy atom. The smallest absolute Gasteiger partial charge is 0.243 e. The van der Waals surface area contributed by atoms with Gasteiger partial charge in [0.2, 0.25) is 18.3 Å². The maximum atomic E-state index is 12.2. The Morgan fingerprint density at radius 1 is 1.27 bits per heavy atom. The van der Waals surface area contributed by atoms with E-state index in [2.05, 4.69) is 37.4 Å². The van der Waals surface area contributed by atoms with Crippen LogP contribution in [0.2, 0.25) is 10.0 Å². The van der Waals surface area contributed by atoms with Crippen LogP contribution in [0.25, 0.3) is 0 Å². The molecule has 0 spiro atoms. The van der Waals surface area contributed by atoms with Crippen LogP contribution in [-0.4, -0.2) is 97.8 Å². The fourth-order valence-electron chi connectivity index (χ4n) is 5.34. The second-order valence-corrected chi connectivity index (χ2v) is 11.0. The summed E-state index contributed by atoms with van der Waals surface area (Å²) in [6.45, 7) is 7.13. The first-order valence-electron chi connectivity index (χ1n) is 13.3. The number of ether oxygens (including phenoxy) is 1. The molecule has 2 saturated heterocycles. The molecule has 4 rings (SSSR count). The maximum absolute atomic E-state index is 12.2. The zero-order chi connectivity index (χ0) is 29.7. The Bertz CT molecular complexity index is 1280. The van der Waals surface area contributed by atoms with Gasteiger partial charge in [0.05, 0.1) is 24.9 Å². The van der Waals surface area contributed by atoms with Crippen LogP contribution in [-0.2, 0) is 16.1 Å². The number of hydrogen-bond acceptors (Lipinski definition) is 10. The highest BCUT2D eigenvalue weighted by atomic mass is 35.5. The number of benzene rings is 1. The first-order valence-corrected chi connectivity index (χ1v) is 14.1. The number of likely N-dealkylation sites (tertiary alicyclic amines) is 1. The molecule has 2 aromatic rings. The first-order chi connectivity index (χ1) is 19.7. The lowest BCUT2D eigenvalue weighted by atomic mass is 10.1. The van der Waals surface area contributed by atoms with Gasteiger partial charge in [0.1, 0.15) is 27.4 Å². The van der Waals surface area contributed by atoms with Gasteiger partial charge in [0, 0.05) is 57.6 Å². The number of methoxy groups -OCH3 is 1. The second kappa shape index (κ2) is 13.6. The predicted molar refractivity (Wildman–Crippen MR) is 160 cm³/mol. The third-order valence-electron chi connectivity index (χ3n) is 7.47. The molecule has 222 valence electrons. The van der Waals surface area contributed by atoms with Gasteiger partial charge in [-0.05, 0) is 32.0 Å². The molecule has 0 aliphatic carbocycles. The molecule has 4 N–H and O–H groups in total. The number of phenolic OH excluding ortho intramolecular Hbond substituents is 1. The topological polar surface area (TPSA) is 135 Å².